The fourth-order valence-electron chi connectivity index (χ4n) is 4.34. The maximum absolute atomic E-state index is 13.0. The van der Waals surface area contributed by atoms with Crippen LogP contribution >= 0.6 is 0 Å². The SMILES string of the molecule is O=C(NCCCN1CCOCC1)C1CCN(C(=O)c2ccnc(-c3ccccc3)c2)CC1. The molecule has 2 aromatic rings. The van der Waals surface area contributed by atoms with Crippen molar-refractivity contribution in [1.82, 2.24) is 20.1 Å². The van der Waals surface area contributed by atoms with E-state index in [9.17, 15) is 9.59 Å². The van der Waals surface area contributed by atoms with Crippen molar-refractivity contribution in [2.24, 2.45) is 5.92 Å². The van der Waals surface area contributed by atoms with Crippen LogP contribution in [0.4, 0.5) is 0 Å². The van der Waals surface area contributed by atoms with Crippen molar-refractivity contribution < 1.29 is 14.3 Å². The number of hydrogen-bond donors (Lipinski definition) is 1. The number of likely N-dealkylation sites (tertiary alicyclic amines) is 1. The molecule has 7 nitrogen and oxygen atoms in total. The summed E-state index contributed by atoms with van der Waals surface area (Å²) in [5.74, 6) is 0.114. The van der Waals surface area contributed by atoms with Crippen LogP contribution in [0.3, 0.4) is 0 Å². The molecule has 1 N–H and O–H groups in total. The molecule has 4 rings (SSSR count). The summed E-state index contributed by atoms with van der Waals surface area (Å²) >= 11 is 0. The lowest BCUT2D eigenvalue weighted by Gasteiger charge is -2.31. The molecule has 2 aliphatic heterocycles. The average molecular weight is 437 g/mol. The Morgan fingerprint density at radius 3 is 2.53 bits per heavy atom. The van der Waals surface area contributed by atoms with E-state index in [1.165, 1.54) is 0 Å². The molecule has 3 heterocycles. The highest BCUT2D eigenvalue weighted by Crippen LogP contribution is 2.22. The topological polar surface area (TPSA) is 74.8 Å². The van der Waals surface area contributed by atoms with Crippen LogP contribution in [0.25, 0.3) is 11.3 Å². The summed E-state index contributed by atoms with van der Waals surface area (Å²) in [4.78, 5) is 34.2. The van der Waals surface area contributed by atoms with Crippen molar-refractivity contribution in [1.29, 1.82) is 0 Å². The normalized spacial score (nSPS) is 17.8. The van der Waals surface area contributed by atoms with Crippen molar-refractivity contribution in [2.75, 3.05) is 52.5 Å². The Hall–Kier alpha value is -2.77. The first-order valence-electron chi connectivity index (χ1n) is 11.6. The fraction of sp³-hybridized carbons (Fsp3) is 0.480. The third-order valence-electron chi connectivity index (χ3n) is 6.28. The third-order valence-corrected chi connectivity index (χ3v) is 6.28. The van der Waals surface area contributed by atoms with Crippen molar-refractivity contribution >= 4 is 11.8 Å². The zero-order chi connectivity index (χ0) is 22.2. The number of nitrogens with zero attached hydrogens (tertiary/aromatic N) is 3. The molecule has 170 valence electrons. The second-order valence-corrected chi connectivity index (χ2v) is 8.46. The lowest BCUT2D eigenvalue weighted by atomic mass is 9.95. The van der Waals surface area contributed by atoms with Gasteiger partial charge in [0.25, 0.3) is 5.91 Å². The summed E-state index contributed by atoms with van der Waals surface area (Å²) in [7, 11) is 0. The molecule has 1 aromatic carbocycles. The van der Waals surface area contributed by atoms with E-state index in [4.69, 9.17) is 4.74 Å². The van der Waals surface area contributed by atoms with E-state index in [2.05, 4.69) is 15.2 Å². The molecule has 2 fully saturated rings. The predicted molar refractivity (Wildman–Crippen MR) is 123 cm³/mol. The van der Waals surface area contributed by atoms with Crippen LogP contribution in [-0.4, -0.2) is 79.1 Å². The Kier molecular flexibility index (Phi) is 7.85. The van der Waals surface area contributed by atoms with E-state index in [0.29, 0.717) is 38.0 Å². The van der Waals surface area contributed by atoms with Crippen molar-refractivity contribution in [2.45, 2.75) is 19.3 Å². The Bertz CT molecular complexity index is 891. The summed E-state index contributed by atoms with van der Waals surface area (Å²) < 4.78 is 5.36. The minimum atomic E-state index is -0.0141. The molecule has 0 unspecified atom stereocenters. The number of carbonyl (C=O) groups excluding carboxylic acids is 2. The Morgan fingerprint density at radius 1 is 1.03 bits per heavy atom. The lowest BCUT2D eigenvalue weighted by molar-refractivity contribution is -0.126. The molecule has 0 saturated carbocycles. The Labute approximate surface area is 189 Å². The number of hydrogen-bond acceptors (Lipinski definition) is 5. The van der Waals surface area contributed by atoms with E-state index in [0.717, 1.165) is 50.5 Å². The Morgan fingerprint density at radius 2 is 1.78 bits per heavy atom. The number of amides is 2. The summed E-state index contributed by atoms with van der Waals surface area (Å²) in [6.07, 6.45) is 4.05. The van der Waals surface area contributed by atoms with E-state index < -0.39 is 0 Å². The van der Waals surface area contributed by atoms with Crippen LogP contribution in [0.15, 0.2) is 48.7 Å². The van der Waals surface area contributed by atoms with Gasteiger partial charge in [-0.2, -0.15) is 0 Å². The zero-order valence-electron chi connectivity index (χ0n) is 18.5. The van der Waals surface area contributed by atoms with Crippen LogP contribution in [0, 0.1) is 5.92 Å². The van der Waals surface area contributed by atoms with Gasteiger partial charge in [-0.25, -0.2) is 0 Å². The molecule has 0 spiro atoms. The summed E-state index contributed by atoms with van der Waals surface area (Å²) in [5, 5.41) is 3.08. The molecule has 7 heteroatoms. The summed E-state index contributed by atoms with van der Waals surface area (Å²) in [6, 6.07) is 13.5. The maximum atomic E-state index is 13.0. The molecule has 2 saturated heterocycles. The molecule has 2 aliphatic rings. The van der Waals surface area contributed by atoms with E-state index in [1.54, 1.807) is 12.3 Å². The van der Waals surface area contributed by atoms with Crippen molar-refractivity contribution in [3.8, 4) is 11.3 Å². The van der Waals surface area contributed by atoms with Gasteiger partial charge >= 0.3 is 0 Å². The first kappa shape index (κ1) is 22.4. The van der Waals surface area contributed by atoms with Gasteiger partial charge in [0.15, 0.2) is 0 Å². The molecular weight excluding hydrogens is 404 g/mol. The Balaban J connectivity index is 1.22. The van der Waals surface area contributed by atoms with Crippen LogP contribution < -0.4 is 5.32 Å². The van der Waals surface area contributed by atoms with Crippen molar-refractivity contribution in [3.05, 3.63) is 54.2 Å². The van der Waals surface area contributed by atoms with Gasteiger partial charge in [0.1, 0.15) is 0 Å². The highest BCUT2D eigenvalue weighted by atomic mass is 16.5. The fourth-order valence-corrected chi connectivity index (χ4v) is 4.34. The van der Waals surface area contributed by atoms with Crippen LogP contribution in [-0.2, 0) is 9.53 Å². The quantitative estimate of drug-likeness (QED) is 0.675. The monoisotopic (exact) mass is 436 g/mol. The minimum absolute atomic E-state index is 0.00829. The molecule has 1 aromatic heterocycles. The number of rotatable bonds is 7. The van der Waals surface area contributed by atoms with Crippen molar-refractivity contribution in [3.63, 3.8) is 0 Å². The van der Waals surface area contributed by atoms with E-state index >= 15 is 0 Å². The standard InChI is InChI=1S/C25H32N4O3/c30-24(27-10-4-12-28-15-17-32-18-16-28)21-8-13-29(14-9-21)25(31)22-7-11-26-23(19-22)20-5-2-1-3-6-20/h1-3,5-7,11,19,21H,4,8-10,12-18H2,(H,27,30). The number of carbonyl (C=O) groups is 2. The highest BCUT2D eigenvalue weighted by molar-refractivity contribution is 5.95. The number of piperidine rings is 1. The van der Waals surface area contributed by atoms with Gasteiger partial charge in [0, 0.05) is 56.0 Å². The molecule has 0 radical (unpaired) electrons. The third kappa shape index (κ3) is 5.93. The van der Waals surface area contributed by atoms with Gasteiger partial charge in [0.05, 0.1) is 18.9 Å². The molecule has 0 atom stereocenters. The largest absolute Gasteiger partial charge is 0.379 e. The second-order valence-electron chi connectivity index (χ2n) is 8.46. The molecule has 0 bridgehead atoms. The predicted octanol–water partition coefficient (Wildman–Crippen LogP) is 2.44. The van der Waals surface area contributed by atoms with Crippen LogP contribution in [0.5, 0.6) is 0 Å². The van der Waals surface area contributed by atoms with Crippen LogP contribution in [0.2, 0.25) is 0 Å². The molecule has 32 heavy (non-hydrogen) atoms. The summed E-state index contributed by atoms with van der Waals surface area (Å²) in [5.41, 5.74) is 2.43. The first-order chi connectivity index (χ1) is 15.7. The molecule has 2 amide bonds. The molecule has 0 aliphatic carbocycles. The van der Waals surface area contributed by atoms with Gasteiger partial charge < -0.3 is 15.0 Å². The molecular formula is C25H32N4O3. The minimum Gasteiger partial charge on any atom is -0.379 e. The van der Waals surface area contributed by atoms with Gasteiger partial charge in [-0.1, -0.05) is 30.3 Å². The van der Waals surface area contributed by atoms with E-state index in [1.807, 2.05) is 41.3 Å². The number of benzene rings is 1. The average Bonchev–Trinajstić information content (AvgIpc) is 2.87. The van der Waals surface area contributed by atoms with Gasteiger partial charge in [-0.3, -0.25) is 19.5 Å². The maximum Gasteiger partial charge on any atom is 0.253 e. The lowest BCUT2D eigenvalue weighted by Crippen LogP contribution is -2.43. The van der Waals surface area contributed by atoms with Crippen LogP contribution in [0.1, 0.15) is 29.6 Å². The number of ether oxygens (including phenoxy) is 1. The smallest absolute Gasteiger partial charge is 0.253 e. The van der Waals surface area contributed by atoms with E-state index in [-0.39, 0.29) is 17.7 Å². The second kappa shape index (κ2) is 11.2. The zero-order valence-corrected chi connectivity index (χ0v) is 18.5. The number of morpholine rings is 1. The first-order valence-corrected chi connectivity index (χ1v) is 11.6. The number of aromatic nitrogens is 1. The highest BCUT2D eigenvalue weighted by Gasteiger charge is 2.28. The number of pyridine rings is 1. The summed E-state index contributed by atoms with van der Waals surface area (Å²) in [6.45, 7) is 6.46. The van der Waals surface area contributed by atoms with Gasteiger partial charge in [0.2, 0.25) is 5.91 Å². The number of nitrogens with one attached hydrogen (secondary N) is 1. The van der Waals surface area contributed by atoms with Gasteiger partial charge in [-0.05, 0) is 37.9 Å². The van der Waals surface area contributed by atoms with Gasteiger partial charge in [-0.15, -0.1) is 0 Å².